The average molecular weight is 211 g/mol. The lowest BCUT2D eigenvalue weighted by Gasteiger charge is -1.99. The molecule has 0 atom stereocenters. The molecule has 5 heteroatoms. The van der Waals surface area contributed by atoms with Crippen LogP contribution in [0, 0.1) is 0 Å². The molecule has 4 nitrogen and oxygen atoms in total. The summed E-state index contributed by atoms with van der Waals surface area (Å²) >= 11 is 5.94. The van der Waals surface area contributed by atoms with Crippen molar-refractivity contribution < 1.29 is 9.53 Å². The molecule has 0 fully saturated rings. The molecule has 0 aliphatic rings. The van der Waals surface area contributed by atoms with Crippen molar-refractivity contribution in [2.24, 2.45) is 0 Å². The number of nitrogens with one attached hydrogen (secondary N) is 1. The molecule has 0 aliphatic heterocycles. The van der Waals surface area contributed by atoms with Crippen molar-refractivity contribution in [3.05, 3.63) is 29.0 Å². The fourth-order valence-electron chi connectivity index (χ4n) is 1.21. The molecule has 0 aromatic carbocycles. The van der Waals surface area contributed by atoms with Crippen LogP contribution in [0.5, 0.6) is 0 Å². The van der Waals surface area contributed by atoms with E-state index >= 15 is 0 Å². The molecule has 14 heavy (non-hydrogen) atoms. The molecule has 0 amide bonds. The summed E-state index contributed by atoms with van der Waals surface area (Å²) in [5.41, 5.74) is 0.783. The molecular formula is C9H7ClN2O2. The van der Waals surface area contributed by atoms with E-state index in [9.17, 15) is 4.79 Å². The van der Waals surface area contributed by atoms with Gasteiger partial charge in [-0.1, -0.05) is 11.6 Å². The smallest absolute Gasteiger partial charge is 0.356 e. The summed E-state index contributed by atoms with van der Waals surface area (Å²) in [5, 5.41) is 1.27. The quantitative estimate of drug-likeness (QED) is 0.733. The van der Waals surface area contributed by atoms with Crippen LogP contribution in [0.15, 0.2) is 18.3 Å². The van der Waals surface area contributed by atoms with Crippen LogP contribution in [-0.4, -0.2) is 23.0 Å². The highest BCUT2D eigenvalue weighted by atomic mass is 35.5. The molecule has 0 spiro atoms. The van der Waals surface area contributed by atoms with Gasteiger partial charge in [0.25, 0.3) is 0 Å². The lowest BCUT2D eigenvalue weighted by molar-refractivity contribution is 0.0594. The third-order valence-corrected chi connectivity index (χ3v) is 2.19. The first-order chi connectivity index (χ1) is 6.72. The minimum atomic E-state index is -0.497. The van der Waals surface area contributed by atoms with Crippen LogP contribution in [0.1, 0.15) is 10.5 Å². The Morgan fingerprint density at radius 2 is 2.43 bits per heavy atom. The van der Waals surface area contributed by atoms with Gasteiger partial charge in [0.1, 0.15) is 5.65 Å². The van der Waals surface area contributed by atoms with Gasteiger partial charge in [0.15, 0.2) is 5.69 Å². The highest BCUT2D eigenvalue weighted by molar-refractivity contribution is 6.35. The zero-order valence-corrected chi connectivity index (χ0v) is 8.13. The van der Waals surface area contributed by atoms with Gasteiger partial charge < -0.3 is 9.72 Å². The van der Waals surface area contributed by atoms with E-state index in [-0.39, 0.29) is 5.69 Å². The van der Waals surface area contributed by atoms with Gasteiger partial charge in [0.05, 0.1) is 12.1 Å². The average Bonchev–Trinajstić information content (AvgIpc) is 2.64. The number of rotatable bonds is 1. The van der Waals surface area contributed by atoms with E-state index in [1.165, 1.54) is 13.2 Å². The van der Waals surface area contributed by atoms with Gasteiger partial charge in [-0.25, -0.2) is 9.78 Å². The second-order valence-corrected chi connectivity index (χ2v) is 3.13. The maximum absolute atomic E-state index is 11.2. The van der Waals surface area contributed by atoms with Crippen LogP contribution < -0.4 is 0 Å². The van der Waals surface area contributed by atoms with Gasteiger partial charge in [0.2, 0.25) is 0 Å². The van der Waals surface area contributed by atoms with Crippen LogP contribution in [0.4, 0.5) is 0 Å². The zero-order chi connectivity index (χ0) is 10.1. The Balaban J connectivity index is 2.64. The third-order valence-electron chi connectivity index (χ3n) is 1.87. The van der Waals surface area contributed by atoms with Crippen molar-refractivity contribution in [3.8, 4) is 0 Å². The molecule has 0 unspecified atom stereocenters. The van der Waals surface area contributed by atoms with Gasteiger partial charge in [-0.05, 0) is 12.1 Å². The Morgan fingerprint density at radius 3 is 3.14 bits per heavy atom. The second kappa shape index (κ2) is 3.31. The number of ether oxygens (including phenoxy) is 1. The first kappa shape index (κ1) is 9.02. The molecule has 72 valence electrons. The number of hydrogen-bond donors (Lipinski definition) is 1. The number of carbonyl (C=O) groups is 1. The predicted molar refractivity (Wildman–Crippen MR) is 52.4 cm³/mol. The number of methoxy groups -OCH3 is 1. The standard InChI is InChI=1S/C9H7ClN2O2/c1-14-9(13)7-4-6(10)5-2-3-11-8(5)12-7/h2-4H,1H3,(H,11,12). The SMILES string of the molecule is COC(=O)c1cc(Cl)c2cc[nH]c2n1. The normalized spacial score (nSPS) is 10.4. The number of hydrogen-bond acceptors (Lipinski definition) is 3. The molecule has 2 rings (SSSR count). The Kier molecular flexibility index (Phi) is 2.13. The highest BCUT2D eigenvalue weighted by Crippen LogP contribution is 2.22. The number of aromatic amines is 1. The molecule has 0 radical (unpaired) electrons. The Morgan fingerprint density at radius 1 is 1.64 bits per heavy atom. The lowest BCUT2D eigenvalue weighted by atomic mass is 10.3. The van der Waals surface area contributed by atoms with Gasteiger partial charge in [-0.15, -0.1) is 0 Å². The first-order valence-electron chi connectivity index (χ1n) is 3.94. The number of esters is 1. The Bertz CT molecular complexity index is 493. The molecule has 2 aromatic heterocycles. The van der Waals surface area contributed by atoms with E-state index in [4.69, 9.17) is 11.6 Å². The van der Waals surface area contributed by atoms with Crippen LogP contribution in [0.2, 0.25) is 5.02 Å². The van der Waals surface area contributed by atoms with Gasteiger partial charge in [-0.2, -0.15) is 0 Å². The van der Waals surface area contributed by atoms with Crippen molar-refractivity contribution >= 4 is 28.6 Å². The molecule has 2 aromatic rings. The van der Waals surface area contributed by atoms with E-state index in [2.05, 4.69) is 14.7 Å². The number of carbonyl (C=O) groups excluding carboxylic acids is 1. The minimum absolute atomic E-state index is 0.201. The van der Waals surface area contributed by atoms with Crippen molar-refractivity contribution in [1.82, 2.24) is 9.97 Å². The van der Waals surface area contributed by atoms with Crippen molar-refractivity contribution in [2.75, 3.05) is 7.11 Å². The van der Waals surface area contributed by atoms with Gasteiger partial charge in [-0.3, -0.25) is 0 Å². The number of fused-ring (bicyclic) bond motifs is 1. The zero-order valence-electron chi connectivity index (χ0n) is 7.37. The van der Waals surface area contributed by atoms with Crippen molar-refractivity contribution in [2.45, 2.75) is 0 Å². The van der Waals surface area contributed by atoms with Crippen LogP contribution in [0.25, 0.3) is 11.0 Å². The summed E-state index contributed by atoms with van der Waals surface area (Å²) in [6.07, 6.45) is 1.71. The molecular weight excluding hydrogens is 204 g/mol. The number of pyridine rings is 1. The minimum Gasteiger partial charge on any atom is -0.464 e. The lowest BCUT2D eigenvalue weighted by Crippen LogP contribution is -2.04. The molecule has 2 heterocycles. The van der Waals surface area contributed by atoms with Crippen LogP contribution >= 0.6 is 11.6 Å². The summed E-state index contributed by atoms with van der Waals surface area (Å²) < 4.78 is 4.54. The van der Waals surface area contributed by atoms with Gasteiger partial charge >= 0.3 is 5.97 Å². The van der Waals surface area contributed by atoms with E-state index in [1.807, 2.05) is 0 Å². The molecule has 0 saturated heterocycles. The molecule has 0 saturated carbocycles. The summed E-state index contributed by atoms with van der Waals surface area (Å²) in [5.74, 6) is -0.497. The van der Waals surface area contributed by atoms with Gasteiger partial charge in [0, 0.05) is 11.6 Å². The predicted octanol–water partition coefficient (Wildman–Crippen LogP) is 2.00. The Labute approximate surface area is 84.9 Å². The van der Waals surface area contributed by atoms with E-state index in [0.717, 1.165) is 5.39 Å². The topological polar surface area (TPSA) is 55.0 Å². The second-order valence-electron chi connectivity index (χ2n) is 2.72. The molecule has 1 N–H and O–H groups in total. The maximum Gasteiger partial charge on any atom is 0.356 e. The van der Waals surface area contributed by atoms with E-state index in [0.29, 0.717) is 10.7 Å². The number of H-pyrrole nitrogens is 1. The fourth-order valence-corrected chi connectivity index (χ4v) is 1.46. The summed E-state index contributed by atoms with van der Waals surface area (Å²) in [6.45, 7) is 0. The van der Waals surface area contributed by atoms with Crippen LogP contribution in [0.3, 0.4) is 0 Å². The summed E-state index contributed by atoms with van der Waals surface area (Å²) in [6, 6.07) is 3.29. The first-order valence-corrected chi connectivity index (χ1v) is 4.32. The third kappa shape index (κ3) is 1.33. The van der Waals surface area contributed by atoms with E-state index < -0.39 is 5.97 Å². The monoisotopic (exact) mass is 210 g/mol. The maximum atomic E-state index is 11.2. The van der Waals surface area contributed by atoms with Crippen molar-refractivity contribution in [3.63, 3.8) is 0 Å². The molecule has 0 aliphatic carbocycles. The van der Waals surface area contributed by atoms with E-state index in [1.54, 1.807) is 12.3 Å². The Hall–Kier alpha value is -1.55. The summed E-state index contributed by atoms with van der Waals surface area (Å²) in [7, 11) is 1.30. The largest absolute Gasteiger partial charge is 0.464 e. The van der Waals surface area contributed by atoms with Crippen molar-refractivity contribution in [1.29, 1.82) is 0 Å². The number of nitrogens with zero attached hydrogens (tertiary/aromatic N) is 1. The molecule has 0 bridgehead atoms. The van der Waals surface area contributed by atoms with Crippen LogP contribution in [-0.2, 0) is 4.74 Å². The fraction of sp³-hybridized carbons (Fsp3) is 0.111. The highest BCUT2D eigenvalue weighted by Gasteiger charge is 2.11. The summed E-state index contributed by atoms with van der Waals surface area (Å²) in [4.78, 5) is 18.1. The number of aromatic nitrogens is 2. The number of halogens is 1.